The number of nitrogens with zero attached hydrogens (tertiary/aromatic N) is 1. The van der Waals surface area contributed by atoms with Crippen LogP contribution in [0.5, 0.6) is 0 Å². The van der Waals surface area contributed by atoms with Crippen molar-refractivity contribution in [2.45, 2.75) is 25.2 Å². The summed E-state index contributed by atoms with van der Waals surface area (Å²) >= 11 is 0. The molecule has 3 rings (SSSR count). The molecule has 98 valence electrons. The number of rotatable bonds is 5. The SMILES string of the molecule is O=c1cc(NCCc2ccccc2)nc(C2CC2)[nH]1. The Bertz CT molecular complexity index is 602. The van der Waals surface area contributed by atoms with E-state index < -0.39 is 0 Å². The number of aromatic amines is 1. The second-order valence-electron chi connectivity index (χ2n) is 4.95. The van der Waals surface area contributed by atoms with Gasteiger partial charge in [-0.2, -0.15) is 0 Å². The molecule has 1 heterocycles. The largest absolute Gasteiger partial charge is 0.370 e. The Labute approximate surface area is 111 Å². The van der Waals surface area contributed by atoms with Crippen LogP contribution in [0.25, 0.3) is 0 Å². The lowest BCUT2D eigenvalue weighted by Crippen LogP contribution is -2.14. The molecule has 1 aliphatic rings. The van der Waals surface area contributed by atoms with Crippen molar-refractivity contribution in [1.82, 2.24) is 9.97 Å². The zero-order valence-corrected chi connectivity index (χ0v) is 10.7. The van der Waals surface area contributed by atoms with Crippen LogP contribution in [0, 0.1) is 0 Å². The highest BCUT2D eigenvalue weighted by molar-refractivity contribution is 5.34. The van der Waals surface area contributed by atoms with Crippen LogP contribution in [0.4, 0.5) is 5.82 Å². The van der Waals surface area contributed by atoms with E-state index in [1.54, 1.807) is 0 Å². The second-order valence-corrected chi connectivity index (χ2v) is 4.95. The summed E-state index contributed by atoms with van der Waals surface area (Å²) < 4.78 is 0. The van der Waals surface area contributed by atoms with E-state index in [9.17, 15) is 4.79 Å². The van der Waals surface area contributed by atoms with Crippen LogP contribution in [0.15, 0.2) is 41.2 Å². The lowest BCUT2D eigenvalue weighted by atomic mass is 10.1. The van der Waals surface area contributed by atoms with Crippen molar-refractivity contribution < 1.29 is 0 Å². The van der Waals surface area contributed by atoms with Crippen molar-refractivity contribution in [3.63, 3.8) is 0 Å². The van der Waals surface area contributed by atoms with Crippen LogP contribution < -0.4 is 10.9 Å². The van der Waals surface area contributed by atoms with Gasteiger partial charge in [0.15, 0.2) is 0 Å². The number of hydrogen-bond donors (Lipinski definition) is 2. The zero-order chi connectivity index (χ0) is 13.1. The summed E-state index contributed by atoms with van der Waals surface area (Å²) in [4.78, 5) is 18.8. The topological polar surface area (TPSA) is 57.8 Å². The minimum atomic E-state index is -0.0703. The molecule has 1 fully saturated rings. The third-order valence-electron chi connectivity index (χ3n) is 3.29. The van der Waals surface area contributed by atoms with Crippen LogP contribution in [0.1, 0.15) is 30.1 Å². The first-order valence-electron chi connectivity index (χ1n) is 6.70. The van der Waals surface area contributed by atoms with Crippen molar-refractivity contribution in [2.75, 3.05) is 11.9 Å². The molecular weight excluding hydrogens is 238 g/mol. The van der Waals surface area contributed by atoms with E-state index >= 15 is 0 Å². The van der Waals surface area contributed by atoms with E-state index in [1.807, 2.05) is 18.2 Å². The second kappa shape index (κ2) is 5.26. The average molecular weight is 255 g/mol. The maximum atomic E-state index is 11.5. The molecule has 1 aromatic heterocycles. The van der Waals surface area contributed by atoms with Crippen LogP contribution in [0.3, 0.4) is 0 Å². The molecule has 0 spiro atoms. The summed E-state index contributed by atoms with van der Waals surface area (Å²) in [6, 6.07) is 11.8. The molecule has 2 aromatic rings. The van der Waals surface area contributed by atoms with Gasteiger partial charge in [0.05, 0.1) is 0 Å². The molecular formula is C15H17N3O. The van der Waals surface area contributed by atoms with Gasteiger partial charge in [-0.25, -0.2) is 4.98 Å². The molecule has 1 saturated carbocycles. The maximum absolute atomic E-state index is 11.5. The van der Waals surface area contributed by atoms with Crippen LogP contribution in [-0.2, 0) is 6.42 Å². The third-order valence-corrected chi connectivity index (χ3v) is 3.29. The molecule has 0 saturated heterocycles. The van der Waals surface area contributed by atoms with Gasteiger partial charge >= 0.3 is 0 Å². The van der Waals surface area contributed by atoms with Crippen molar-refractivity contribution in [1.29, 1.82) is 0 Å². The predicted molar refractivity (Wildman–Crippen MR) is 75.5 cm³/mol. The molecule has 1 aliphatic carbocycles. The summed E-state index contributed by atoms with van der Waals surface area (Å²) in [5.41, 5.74) is 1.21. The zero-order valence-electron chi connectivity index (χ0n) is 10.7. The smallest absolute Gasteiger partial charge is 0.252 e. The molecule has 4 nitrogen and oxygen atoms in total. The molecule has 0 radical (unpaired) electrons. The first-order chi connectivity index (χ1) is 9.31. The molecule has 2 N–H and O–H groups in total. The number of nitrogens with one attached hydrogen (secondary N) is 2. The van der Waals surface area contributed by atoms with Gasteiger partial charge in [-0.3, -0.25) is 4.79 Å². The Morgan fingerprint density at radius 2 is 2.05 bits per heavy atom. The summed E-state index contributed by atoms with van der Waals surface area (Å²) in [6.07, 6.45) is 3.20. The highest BCUT2D eigenvalue weighted by Gasteiger charge is 2.26. The Hall–Kier alpha value is -2.10. The Kier molecular flexibility index (Phi) is 3.31. The normalized spacial score (nSPS) is 14.3. The van der Waals surface area contributed by atoms with Gasteiger partial charge in [-0.15, -0.1) is 0 Å². The molecule has 0 unspecified atom stereocenters. The molecule has 0 aliphatic heterocycles. The monoisotopic (exact) mass is 255 g/mol. The molecule has 19 heavy (non-hydrogen) atoms. The van der Waals surface area contributed by atoms with Crippen molar-refractivity contribution in [3.8, 4) is 0 Å². The minimum Gasteiger partial charge on any atom is -0.370 e. The van der Waals surface area contributed by atoms with Crippen LogP contribution in [0.2, 0.25) is 0 Å². The van der Waals surface area contributed by atoms with Gasteiger partial charge < -0.3 is 10.3 Å². The summed E-state index contributed by atoms with van der Waals surface area (Å²) in [6.45, 7) is 0.782. The number of benzene rings is 1. The maximum Gasteiger partial charge on any atom is 0.252 e. The van der Waals surface area contributed by atoms with E-state index in [1.165, 1.54) is 11.6 Å². The standard InChI is InChI=1S/C15H17N3O/c19-14-10-13(17-15(18-14)12-6-7-12)16-9-8-11-4-2-1-3-5-11/h1-5,10,12H,6-9H2,(H2,16,17,18,19). The van der Waals surface area contributed by atoms with E-state index in [-0.39, 0.29) is 5.56 Å². The highest BCUT2D eigenvalue weighted by atomic mass is 16.1. The number of H-pyrrole nitrogens is 1. The van der Waals surface area contributed by atoms with E-state index in [4.69, 9.17) is 0 Å². The van der Waals surface area contributed by atoms with Gasteiger partial charge in [-0.05, 0) is 24.8 Å². The minimum absolute atomic E-state index is 0.0703. The van der Waals surface area contributed by atoms with Crippen LogP contribution >= 0.6 is 0 Å². The van der Waals surface area contributed by atoms with Gasteiger partial charge in [0.25, 0.3) is 5.56 Å². The Morgan fingerprint density at radius 1 is 1.26 bits per heavy atom. The third kappa shape index (κ3) is 3.22. The number of hydrogen-bond acceptors (Lipinski definition) is 3. The van der Waals surface area contributed by atoms with Crippen molar-refractivity contribution in [2.24, 2.45) is 0 Å². The lowest BCUT2D eigenvalue weighted by Gasteiger charge is -2.06. The molecule has 0 amide bonds. The first-order valence-corrected chi connectivity index (χ1v) is 6.70. The Balaban J connectivity index is 1.62. The Morgan fingerprint density at radius 3 is 2.79 bits per heavy atom. The van der Waals surface area contributed by atoms with Gasteiger partial charge in [0, 0.05) is 18.5 Å². The average Bonchev–Trinajstić information content (AvgIpc) is 3.24. The van der Waals surface area contributed by atoms with E-state index in [0.717, 1.165) is 31.6 Å². The molecule has 0 bridgehead atoms. The van der Waals surface area contributed by atoms with E-state index in [0.29, 0.717) is 11.7 Å². The van der Waals surface area contributed by atoms with Crippen molar-refractivity contribution in [3.05, 3.63) is 58.1 Å². The molecule has 1 aromatic carbocycles. The molecule has 4 heteroatoms. The number of aromatic nitrogens is 2. The number of anilines is 1. The summed E-state index contributed by atoms with van der Waals surface area (Å²) in [5, 5.41) is 3.23. The fourth-order valence-corrected chi connectivity index (χ4v) is 2.10. The lowest BCUT2D eigenvalue weighted by molar-refractivity contribution is 0.899. The summed E-state index contributed by atoms with van der Waals surface area (Å²) in [7, 11) is 0. The van der Waals surface area contributed by atoms with E-state index in [2.05, 4.69) is 27.4 Å². The fourth-order valence-electron chi connectivity index (χ4n) is 2.10. The highest BCUT2D eigenvalue weighted by Crippen LogP contribution is 2.37. The fraction of sp³-hybridized carbons (Fsp3) is 0.333. The van der Waals surface area contributed by atoms with Gasteiger partial charge in [-0.1, -0.05) is 30.3 Å². The quantitative estimate of drug-likeness (QED) is 0.862. The predicted octanol–water partition coefficient (Wildman–Crippen LogP) is 2.30. The van der Waals surface area contributed by atoms with Gasteiger partial charge in [0.1, 0.15) is 11.6 Å². The van der Waals surface area contributed by atoms with Crippen molar-refractivity contribution >= 4 is 5.82 Å². The molecule has 0 atom stereocenters. The summed E-state index contributed by atoms with van der Waals surface area (Å²) in [5.74, 6) is 1.97. The van der Waals surface area contributed by atoms with Crippen LogP contribution in [-0.4, -0.2) is 16.5 Å². The first kappa shape index (κ1) is 12.0. The van der Waals surface area contributed by atoms with Gasteiger partial charge in [0.2, 0.25) is 0 Å².